The van der Waals surface area contributed by atoms with Crippen molar-refractivity contribution in [1.82, 2.24) is 0 Å². The molecule has 3 nitrogen and oxygen atoms in total. The second-order valence-corrected chi connectivity index (χ2v) is 9.16. The molecule has 2 atom stereocenters. The Morgan fingerprint density at radius 3 is 1.88 bits per heavy atom. The van der Waals surface area contributed by atoms with E-state index in [0.717, 1.165) is 24.6 Å². The zero-order chi connectivity index (χ0) is 12.8. The SMILES string of the molecule is CCC(O[Si](CC)(CC)CC)[C@@H](C)C(=O)O. The van der Waals surface area contributed by atoms with Gasteiger partial charge in [0.2, 0.25) is 0 Å². The van der Waals surface area contributed by atoms with Crippen LogP contribution in [0, 0.1) is 5.92 Å². The number of carboxylic acids is 1. The summed E-state index contributed by atoms with van der Waals surface area (Å²) >= 11 is 0. The van der Waals surface area contributed by atoms with Crippen molar-refractivity contribution in [1.29, 1.82) is 0 Å². The number of carbonyl (C=O) groups is 1. The lowest BCUT2D eigenvalue weighted by molar-refractivity contribution is -0.144. The summed E-state index contributed by atoms with van der Waals surface area (Å²) in [4.78, 5) is 11.0. The summed E-state index contributed by atoms with van der Waals surface area (Å²) in [6.07, 6.45) is 0.659. The van der Waals surface area contributed by atoms with Crippen LogP contribution in [0.5, 0.6) is 0 Å². The van der Waals surface area contributed by atoms with E-state index < -0.39 is 20.2 Å². The lowest BCUT2D eigenvalue weighted by Gasteiger charge is -2.34. The molecule has 0 spiro atoms. The molecule has 0 aromatic carbocycles. The van der Waals surface area contributed by atoms with Gasteiger partial charge >= 0.3 is 5.97 Å². The molecule has 16 heavy (non-hydrogen) atoms. The maximum atomic E-state index is 11.0. The molecule has 4 heteroatoms. The summed E-state index contributed by atoms with van der Waals surface area (Å²) in [5.41, 5.74) is 0. The lowest BCUT2D eigenvalue weighted by Crippen LogP contribution is -2.43. The Morgan fingerprint density at radius 1 is 1.19 bits per heavy atom. The van der Waals surface area contributed by atoms with E-state index in [4.69, 9.17) is 9.53 Å². The van der Waals surface area contributed by atoms with E-state index in [1.165, 1.54) is 0 Å². The third-order valence-electron chi connectivity index (χ3n) is 3.68. The molecule has 0 amide bonds. The molecule has 0 fully saturated rings. The van der Waals surface area contributed by atoms with Gasteiger partial charge in [0.1, 0.15) is 0 Å². The molecule has 0 aliphatic heterocycles. The highest BCUT2D eigenvalue weighted by Crippen LogP contribution is 2.27. The fourth-order valence-electron chi connectivity index (χ4n) is 2.02. The van der Waals surface area contributed by atoms with E-state index in [9.17, 15) is 4.79 Å². The van der Waals surface area contributed by atoms with Gasteiger partial charge in [0, 0.05) is 0 Å². The summed E-state index contributed by atoms with van der Waals surface area (Å²) in [5, 5.41) is 9.03. The summed E-state index contributed by atoms with van der Waals surface area (Å²) in [5.74, 6) is -1.15. The number of rotatable bonds is 8. The van der Waals surface area contributed by atoms with Crippen LogP contribution in [-0.4, -0.2) is 25.5 Å². The highest BCUT2D eigenvalue weighted by Gasteiger charge is 2.34. The van der Waals surface area contributed by atoms with E-state index in [1.807, 2.05) is 6.92 Å². The molecule has 0 saturated heterocycles. The number of carboxylic acid groups (broad SMARTS) is 1. The maximum absolute atomic E-state index is 11.0. The number of hydrogen-bond acceptors (Lipinski definition) is 2. The van der Waals surface area contributed by atoms with E-state index in [-0.39, 0.29) is 6.10 Å². The van der Waals surface area contributed by atoms with Crippen LogP contribution in [0.2, 0.25) is 18.1 Å². The van der Waals surface area contributed by atoms with Crippen LogP contribution in [0.25, 0.3) is 0 Å². The Labute approximate surface area is 100 Å². The van der Waals surface area contributed by atoms with Gasteiger partial charge in [-0.15, -0.1) is 0 Å². The van der Waals surface area contributed by atoms with Crippen molar-refractivity contribution in [2.24, 2.45) is 5.92 Å². The molecule has 96 valence electrons. The van der Waals surface area contributed by atoms with Crippen molar-refractivity contribution in [3.05, 3.63) is 0 Å². The third-order valence-corrected chi connectivity index (χ3v) is 8.35. The van der Waals surface area contributed by atoms with Crippen LogP contribution >= 0.6 is 0 Å². The fraction of sp³-hybridized carbons (Fsp3) is 0.917. The normalized spacial score (nSPS) is 15.8. The van der Waals surface area contributed by atoms with Gasteiger partial charge in [-0.3, -0.25) is 4.79 Å². The smallest absolute Gasteiger partial charge is 0.308 e. The highest BCUT2D eigenvalue weighted by molar-refractivity contribution is 6.73. The molecule has 0 radical (unpaired) electrons. The summed E-state index contributed by atoms with van der Waals surface area (Å²) in [6, 6.07) is 3.22. The van der Waals surface area contributed by atoms with Crippen molar-refractivity contribution in [2.45, 2.75) is 65.3 Å². The summed E-state index contributed by atoms with van der Waals surface area (Å²) < 4.78 is 6.22. The van der Waals surface area contributed by atoms with Gasteiger partial charge in [0.25, 0.3) is 0 Å². The standard InChI is InChI=1S/C12H26O3Si/c1-6-11(10(5)12(13)14)15-16(7-2,8-3)9-4/h10-11H,6-9H2,1-5H3,(H,13,14)/t10-,11?/m1/s1. The molecule has 0 heterocycles. The van der Waals surface area contributed by atoms with Crippen molar-refractivity contribution >= 4 is 14.3 Å². The van der Waals surface area contributed by atoms with Crippen LogP contribution in [0.15, 0.2) is 0 Å². The quantitative estimate of drug-likeness (QED) is 0.667. The minimum Gasteiger partial charge on any atom is -0.481 e. The first-order valence-electron chi connectivity index (χ1n) is 6.36. The Balaban J connectivity index is 4.67. The molecule has 0 aliphatic carbocycles. The second-order valence-electron chi connectivity index (χ2n) is 4.44. The van der Waals surface area contributed by atoms with Crippen LogP contribution in [0.3, 0.4) is 0 Å². The van der Waals surface area contributed by atoms with Crippen molar-refractivity contribution in [3.8, 4) is 0 Å². The Hall–Kier alpha value is -0.353. The zero-order valence-electron chi connectivity index (χ0n) is 11.2. The summed E-state index contributed by atoms with van der Waals surface area (Å²) in [6.45, 7) is 10.2. The van der Waals surface area contributed by atoms with Crippen molar-refractivity contribution in [3.63, 3.8) is 0 Å². The van der Waals surface area contributed by atoms with Gasteiger partial charge in [-0.2, -0.15) is 0 Å². The van der Waals surface area contributed by atoms with Gasteiger partial charge in [0.05, 0.1) is 12.0 Å². The van der Waals surface area contributed by atoms with Crippen LogP contribution < -0.4 is 0 Å². The average molecular weight is 246 g/mol. The molecule has 0 rings (SSSR count). The number of aliphatic carboxylic acids is 1. The van der Waals surface area contributed by atoms with Gasteiger partial charge < -0.3 is 9.53 Å². The molecule has 0 aromatic heterocycles. The van der Waals surface area contributed by atoms with Crippen LogP contribution in [0.4, 0.5) is 0 Å². The van der Waals surface area contributed by atoms with Crippen LogP contribution in [-0.2, 0) is 9.22 Å². The molecule has 0 saturated carbocycles. The molecular weight excluding hydrogens is 220 g/mol. The van der Waals surface area contributed by atoms with Gasteiger partial charge in [-0.1, -0.05) is 27.7 Å². The average Bonchev–Trinajstić information content (AvgIpc) is 2.31. The molecule has 0 bridgehead atoms. The maximum Gasteiger partial charge on any atom is 0.308 e. The molecular formula is C12H26O3Si. The molecule has 0 aromatic rings. The first kappa shape index (κ1) is 15.6. The topological polar surface area (TPSA) is 46.5 Å². The van der Waals surface area contributed by atoms with Crippen molar-refractivity contribution < 1.29 is 14.3 Å². The molecule has 1 N–H and O–H groups in total. The third kappa shape index (κ3) is 3.90. The summed E-state index contributed by atoms with van der Waals surface area (Å²) in [7, 11) is -1.67. The van der Waals surface area contributed by atoms with Gasteiger partial charge in [0.15, 0.2) is 8.32 Å². The Bertz CT molecular complexity index is 206. The first-order chi connectivity index (χ1) is 7.46. The minimum absolute atomic E-state index is 0.121. The largest absolute Gasteiger partial charge is 0.481 e. The Morgan fingerprint density at radius 2 is 1.62 bits per heavy atom. The lowest BCUT2D eigenvalue weighted by atomic mass is 10.0. The van der Waals surface area contributed by atoms with E-state index >= 15 is 0 Å². The van der Waals surface area contributed by atoms with Gasteiger partial charge in [-0.25, -0.2) is 0 Å². The molecule has 1 unspecified atom stereocenters. The monoisotopic (exact) mass is 246 g/mol. The zero-order valence-corrected chi connectivity index (χ0v) is 12.2. The minimum atomic E-state index is -1.67. The van der Waals surface area contributed by atoms with Crippen LogP contribution in [0.1, 0.15) is 41.0 Å². The fourth-order valence-corrected chi connectivity index (χ4v) is 5.03. The molecule has 0 aliphatic rings. The highest BCUT2D eigenvalue weighted by atomic mass is 28.4. The first-order valence-corrected chi connectivity index (χ1v) is 8.89. The van der Waals surface area contributed by atoms with Crippen molar-refractivity contribution in [2.75, 3.05) is 0 Å². The predicted molar refractivity (Wildman–Crippen MR) is 69.2 cm³/mol. The Kier molecular flexibility index (Phi) is 6.91. The van der Waals surface area contributed by atoms with E-state index in [1.54, 1.807) is 6.92 Å². The number of hydrogen-bond donors (Lipinski definition) is 1. The second kappa shape index (κ2) is 7.07. The van der Waals surface area contributed by atoms with Gasteiger partial charge in [-0.05, 0) is 31.5 Å². The van der Waals surface area contributed by atoms with E-state index in [0.29, 0.717) is 0 Å². The predicted octanol–water partition coefficient (Wildman–Crippen LogP) is 3.51. The van der Waals surface area contributed by atoms with E-state index in [2.05, 4.69) is 20.8 Å².